The average Bonchev–Trinajstić information content (AvgIpc) is 2.45. The Morgan fingerprint density at radius 3 is 2.76 bits per heavy atom. The molecule has 5 heteroatoms. The van der Waals surface area contributed by atoms with Gasteiger partial charge in [0.1, 0.15) is 0 Å². The molecule has 0 saturated heterocycles. The van der Waals surface area contributed by atoms with Gasteiger partial charge in [-0.3, -0.25) is 0 Å². The Morgan fingerprint density at radius 2 is 2.14 bits per heavy atom. The molecular formula is C16H27ClN2O2. The predicted octanol–water partition coefficient (Wildman–Crippen LogP) is 2.67. The summed E-state index contributed by atoms with van der Waals surface area (Å²) >= 11 is 6.17. The number of aliphatic hydroxyl groups excluding tert-OH is 1. The van der Waals surface area contributed by atoms with E-state index in [0.29, 0.717) is 12.6 Å². The molecule has 0 radical (unpaired) electrons. The van der Waals surface area contributed by atoms with Gasteiger partial charge in [0.15, 0.2) is 0 Å². The molecule has 0 aliphatic heterocycles. The summed E-state index contributed by atoms with van der Waals surface area (Å²) in [5.41, 5.74) is 2.35. The number of nitrogens with zero attached hydrogens (tertiary/aromatic N) is 1. The molecule has 0 atom stereocenters. The van der Waals surface area contributed by atoms with Crippen molar-refractivity contribution in [2.75, 3.05) is 38.3 Å². The van der Waals surface area contributed by atoms with Crippen molar-refractivity contribution in [3.63, 3.8) is 0 Å². The molecule has 0 aromatic heterocycles. The van der Waals surface area contributed by atoms with E-state index in [0.717, 1.165) is 36.8 Å². The van der Waals surface area contributed by atoms with Crippen molar-refractivity contribution in [2.45, 2.75) is 32.9 Å². The summed E-state index contributed by atoms with van der Waals surface area (Å²) in [6.07, 6.45) is 0.751. The van der Waals surface area contributed by atoms with Gasteiger partial charge < -0.3 is 20.1 Å². The molecule has 120 valence electrons. The van der Waals surface area contributed by atoms with Gasteiger partial charge in [0.05, 0.1) is 6.61 Å². The zero-order valence-electron chi connectivity index (χ0n) is 13.2. The van der Waals surface area contributed by atoms with Gasteiger partial charge in [-0.25, -0.2) is 0 Å². The average molecular weight is 315 g/mol. The highest BCUT2D eigenvalue weighted by molar-refractivity contribution is 6.30. The second kappa shape index (κ2) is 10.0. The van der Waals surface area contributed by atoms with Crippen LogP contribution in [-0.4, -0.2) is 44.6 Å². The maximum Gasteiger partial charge on any atom is 0.0587 e. The fraction of sp³-hybridized carbons (Fsp3) is 0.625. The SMILES string of the molecule is COCCNCc1ccc(Cl)cc1N(CCCO)C(C)C. The molecule has 0 bridgehead atoms. The Kier molecular flexibility index (Phi) is 8.69. The number of ether oxygens (including phenoxy) is 1. The van der Waals surface area contributed by atoms with Crippen LogP contribution in [0.5, 0.6) is 0 Å². The first kappa shape index (κ1) is 18.2. The molecule has 0 unspecified atom stereocenters. The third-order valence-electron chi connectivity index (χ3n) is 3.34. The number of hydrogen-bond donors (Lipinski definition) is 2. The first-order chi connectivity index (χ1) is 10.1. The summed E-state index contributed by atoms with van der Waals surface area (Å²) < 4.78 is 5.05. The second-order valence-electron chi connectivity index (χ2n) is 5.31. The van der Waals surface area contributed by atoms with E-state index >= 15 is 0 Å². The molecule has 2 N–H and O–H groups in total. The molecule has 21 heavy (non-hydrogen) atoms. The lowest BCUT2D eigenvalue weighted by atomic mass is 10.1. The van der Waals surface area contributed by atoms with E-state index in [9.17, 15) is 0 Å². The van der Waals surface area contributed by atoms with Gasteiger partial charge in [-0.2, -0.15) is 0 Å². The number of anilines is 1. The van der Waals surface area contributed by atoms with Crippen molar-refractivity contribution >= 4 is 17.3 Å². The standard InChI is InChI=1S/C16H27ClN2O2/c1-13(2)19(8-4-9-20)16-11-15(17)6-5-14(16)12-18-7-10-21-3/h5-6,11,13,18,20H,4,7-10,12H2,1-3H3. The largest absolute Gasteiger partial charge is 0.396 e. The zero-order chi connectivity index (χ0) is 15.7. The van der Waals surface area contributed by atoms with Crippen LogP contribution in [0.1, 0.15) is 25.8 Å². The van der Waals surface area contributed by atoms with Gasteiger partial charge in [-0.15, -0.1) is 0 Å². The molecule has 0 aliphatic rings. The minimum Gasteiger partial charge on any atom is -0.396 e. The first-order valence-electron chi connectivity index (χ1n) is 7.45. The van der Waals surface area contributed by atoms with Crippen molar-refractivity contribution < 1.29 is 9.84 Å². The van der Waals surface area contributed by atoms with Gasteiger partial charge in [0.25, 0.3) is 0 Å². The second-order valence-corrected chi connectivity index (χ2v) is 5.74. The van der Waals surface area contributed by atoms with E-state index < -0.39 is 0 Å². The smallest absolute Gasteiger partial charge is 0.0587 e. The molecule has 1 aromatic rings. The highest BCUT2D eigenvalue weighted by Crippen LogP contribution is 2.27. The lowest BCUT2D eigenvalue weighted by molar-refractivity contribution is 0.199. The summed E-state index contributed by atoms with van der Waals surface area (Å²) in [4.78, 5) is 2.29. The Labute approximate surface area is 133 Å². The van der Waals surface area contributed by atoms with Crippen molar-refractivity contribution in [1.29, 1.82) is 0 Å². The number of methoxy groups -OCH3 is 1. The summed E-state index contributed by atoms with van der Waals surface area (Å²) in [7, 11) is 1.70. The lowest BCUT2D eigenvalue weighted by Gasteiger charge is -2.31. The van der Waals surface area contributed by atoms with Gasteiger partial charge in [0, 0.05) is 50.1 Å². The normalized spacial score (nSPS) is 11.1. The number of rotatable bonds is 10. The number of halogens is 1. The molecule has 1 aromatic carbocycles. The van der Waals surface area contributed by atoms with Crippen LogP contribution in [0.4, 0.5) is 5.69 Å². The van der Waals surface area contributed by atoms with Crippen LogP contribution in [0.3, 0.4) is 0 Å². The van der Waals surface area contributed by atoms with Crippen LogP contribution >= 0.6 is 11.6 Å². The van der Waals surface area contributed by atoms with Gasteiger partial charge >= 0.3 is 0 Å². The molecule has 4 nitrogen and oxygen atoms in total. The minimum absolute atomic E-state index is 0.200. The van der Waals surface area contributed by atoms with E-state index in [1.54, 1.807) is 7.11 Å². The van der Waals surface area contributed by atoms with Crippen LogP contribution in [0, 0.1) is 0 Å². The molecular weight excluding hydrogens is 288 g/mol. The number of hydrogen-bond acceptors (Lipinski definition) is 4. The highest BCUT2D eigenvalue weighted by Gasteiger charge is 2.14. The van der Waals surface area contributed by atoms with Crippen molar-refractivity contribution in [3.8, 4) is 0 Å². The first-order valence-corrected chi connectivity index (χ1v) is 7.83. The summed E-state index contributed by atoms with van der Waals surface area (Å²) in [6.45, 7) is 7.61. The topological polar surface area (TPSA) is 44.7 Å². The van der Waals surface area contributed by atoms with Crippen molar-refractivity contribution in [1.82, 2.24) is 5.32 Å². The fourth-order valence-electron chi connectivity index (χ4n) is 2.25. The van der Waals surface area contributed by atoms with Crippen LogP contribution in [0.25, 0.3) is 0 Å². The lowest BCUT2D eigenvalue weighted by Crippen LogP contribution is -2.33. The molecule has 0 aliphatic carbocycles. The van der Waals surface area contributed by atoms with E-state index in [-0.39, 0.29) is 6.61 Å². The Balaban J connectivity index is 2.87. The molecule has 0 spiro atoms. The van der Waals surface area contributed by atoms with Crippen molar-refractivity contribution in [2.24, 2.45) is 0 Å². The maximum atomic E-state index is 9.09. The Morgan fingerprint density at radius 1 is 1.38 bits per heavy atom. The molecule has 0 fully saturated rings. The van der Waals surface area contributed by atoms with Crippen LogP contribution < -0.4 is 10.2 Å². The summed E-state index contributed by atoms with van der Waals surface area (Å²) in [5.74, 6) is 0. The number of nitrogens with one attached hydrogen (secondary N) is 1. The van der Waals surface area contributed by atoms with E-state index in [2.05, 4.69) is 30.1 Å². The molecule has 0 saturated carbocycles. The molecule has 0 heterocycles. The summed E-state index contributed by atoms with van der Waals surface area (Å²) in [5, 5.41) is 13.2. The quantitative estimate of drug-likeness (QED) is 0.652. The Hall–Kier alpha value is -0.810. The minimum atomic E-state index is 0.200. The third-order valence-corrected chi connectivity index (χ3v) is 3.57. The number of benzene rings is 1. The van der Waals surface area contributed by atoms with E-state index in [4.69, 9.17) is 21.4 Å². The number of aliphatic hydroxyl groups is 1. The fourth-order valence-corrected chi connectivity index (χ4v) is 2.42. The molecule has 0 amide bonds. The van der Waals surface area contributed by atoms with Crippen molar-refractivity contribution in [3.05, 3.63) is 28.8 Å². The summed E-state index contributed by atoms with van der Waals surface area (Å²) in [6, 6.07) is 6.34. The van der Waals surface area contributed by atoms with Crippen LogP contribution in [-0.2, 0) is 11.3 Å². The maximum absolute atomic E-state index is 9.09. The van der Waals surface area contributed by atoms with Gasteiger partial charge in [0.2, 0.25) is 0 Å². The Bertz CT molecular complexity index is 413. The highest BCUT2D eigenvalue weighted by atomic mass is 35.5. The van der Waals surface area contributed by atoms with Crippen LogP contribution in [0.15, 0.2) is 18.2 Å². The van der Waals surface area contributed by atoms with Gasteiger partial charge in [-0.1, -0.05) is 17.7 Å². The van der Waals surface area contributed by atoms with Gasteiger partial charge in [-0.05, 0) is 38.0 Å². The van der Waals surface area contributed by atoms with Crippen LogP contribution in [0.2, 0.25) is 5.02 Å². The van der Waals surface area contributed by atoms with E-state index in [1.807, 2.05) is 12.1 Å². The molecule has 1 rings (SSSR count). The van der Waals surface area contributed by atoms with E-state index in [1.165, 1.54) is 5.56 Å². The third kappa shape index (κ3) is 6.22. The monoisotopic (exact) mass is 314 g/mol. The predicted molar refractivity (Wildman–Crippen MR) is 89.2 cm³/mol. The zero-order valence-corrected chi connectivity index (χ0v) is 14.0.